The molecule has 0 aromatic carbocycles. The van der Waals surface area contributed by atoms with E-state index in [1.807, 2.05) is 13.8 Å². The molecule has 3 rings (SSSR count). The van der Waals surface area contributed by atoms with Crippen molar-refractivity contribution in [2.24, 2.45) is 5.92 Å². The molecule has 0 aliphatic carbocycles. The van der Waals surface area contributed by atoms with Crippen LogP contribution in [-0.2, 0) is 14.3 Å². The van der Waals surface area contributed by atoms with Gasteiger partial charge in [-0.25, -0.2) is 4.79 Å². The number of hydrogen-bond acceptors (Lipinski definition) is 5. The van der Waals surface area contributed by atoms with Gasteiger partial charge >= 0.3 is 6.03 Å². The molecule has 26 heavy (non-hydrogen) atoms. The summed E-state index contributed by atoms with van der Waals surface area (Å²) >= 11 is 0. The number of urea groups is 1. The van der Waals surface area contributed by atoms with Crippen LogP contribution in [0.25, 0.3) is 0 Å². The summed E-state index contributed by atoms with van der Waals surface area (Å²) in [6.45, 7) is 8.89. The normalized spacial score (nSPS) is 25.1. The third kappa shape index (κ3) is 3.62. The first-order chi connectivity index (χ1) is 12.5. The molecule has 0 unspecified atom stereocenters. The maximum Gasteiger partial charge on any atom is 0.327 e. The average molecular weight is 367 g/mol. The molecule has 0 radical (unpaired) electrons. The van der Waals surface area contributed by atoms with Crippen molar-refractivity contribution in [2.75, 3.05) is 53.1 Å². The lowest BCUT2D eigenvalue weighted by atomic mass is 9.84. The van der Waals surface area contributed by atoms with Gasteiger partial charge in [0.15, 0.2) is 0 Å². The summed E-state index contributed by atoms with van der Waals surface area (Å²) in [5.41, 5.74) is -0.674. The third-order valence-corrected chi connectivity index (χ3v) is 6.02. The van der Waals surface area contributed by atoms with Gasteiger partial charge in [0.1, 0.15) is 5.54 Å². The molecule has 3 aliphatic heterocycles. The Morgan fingerprint density at radius 1 is 1.19 bits per heavy atom. The molecule has 0 saturated carbocycles. The van der Waals surface area contributed by atoms with Crippen molar-refractivity contribution in [1.29, 1.82) is 0 Å². The first kappa shape index (κ1) is 19.6. The van der Waals surface area contributed by atoms with Crippen molar-refractivity contribution < 1.29 is 19.1 Å². The number of nitrogens with zero attached hydrogens (tertiary/aromatic N) is 3. The summed E-state index contributed by atoms with van der Waals surface area (Å²) in [5, 5.41) is 0. The van der Waals surface area contributed by atoms with Crippen molar-refractivity contribution in [3.05, 3.63) is 0 Å². The molecule has 7 nitrogen and oxygen atoms in total. The molecular formula is C19H33N3O4. The molecule has 0 N–H and O–H groups in total. The van der Waals surface area contributed by atoms with E-state index in [0.717, 1.165) is 39.1 Å². The van der Waals surface area contributed by atoms with Crippen LogP contribution >= 0.6 is 0 Å². The summed E-state index contributed by atoms with van der Waals surface area (Å²) in [7, 11) is 1.63. The lowest BCUT2D eigenvalue weighted by Crippen LogP contribution is -2.58. The minimum Gasteiger partial charge on any atom is -0.383 e. The van der Waals surface area contributed by atoms with Gasteiger partial charge in [-0.3, -0.25) is 9.69 Å². The molecule has 0 bridgehead atoms. The Bertz CT molecular complexity index is 511. The van der Waals surface area contributed by atoms with Crippen LogP contribution in [0.5, 0.6) is 0 Å². The van der Waals surface area contributed by atoms with Crippen LogP contribution < -0.4 is 0 Å². The Morgan fingerprint density at radius 3 is 2.42 bits per heavy atom. The highest BCUT2D eigenvalue weighted by atomic mass is 16.5. The lowest BCUT2D eigenvalue weighted by molar-refractivity contribution is -0.136. The first-order valence-electron chi connectivity index (χ1n) is 9.94. The summed E-state index contributed by atoms with van der Waals surface area (Å²) in [4.78, 5) is 32.0. The summed E-state index contributed by atoms with van der Waals surface area (Å²) < 4.78 is 10.7. The van der Waals surface area contributed by atoms with Crippen LogP contribution in [0.15, 0.2) is 0 Å². The Kier molecular flexibility index (Phi) is 6.20. The van der Waals surface area contributed by atoms with Crippen LogP contribution in [0.4, 0.5) is 4.79 Å². The fourth-order valence-corrected chi connectivity index (χ4v) is 4.59. The Balaban J connectivity index is 1.74. The van der Waals surface area contributed by atoms with E-state index in [1.165, 1.54) is 4.90 Å². The molecule has 3 saturated heterocycles. The molecule has 0 aromatic heterocycles. The molecule has 3 amide bonds. The van der Waals surface area contributed by atoms with E-state index < -0.39 is 5.54 Å². The Hall–Kier alpha value is -1.18. The number of hydrogen-bond donors (Lipinski definition) is 0. The van der Waals surface area contributed by atoms with Crippen LogP contribution in [0, 0.1) is 5.92 Å². The second-order valence-electron chi connectivity index (χ2n) is 8.15. The quantitative estimate of drug-likeness (QED) is 0.667. The molecule has 1 spiro atoms. The summed E-state index contributed by atoms with van der Waals surface area (Å²) in [6.07, 6.45) is 3.56. The Morgan fingerprint density at radius 2 is 1.85 bits per heavy atom. The third-order valence-electron chi connectivity index (χ3n) is 6.02. The predicted octanol–water partition coefficient (Wildman–Crippen LogP) is 1.57. The van der Waals surface area contributed by atoms with Gasteiger partial charge in [0, 0.05) is 52.5 Å². The van der Waals surface area contributed by atoms with Crippen molar-refractivity contribution in [3.8, 4) is 0 Å². The maximum absolute atomic E-state index is 13.3. The van der Waals surface area contributed by atoms with E-state index in [0.29, 0.717) is 38.6 Å². The van der Waals surface area contributed by atoms with Crippen LogP contribution in [0.3, 0.4) is 0 Å². The number of ether oxygens (including phenoxy) is 2. The molecule has 148 valence electrons. The minimum atomic E-state index is -0.674. The number of piperidine rings is 1. The first-order valence-corrected chi connectivity index (χ1v) is 9.94. The van der Waals surface area contributed by atoms with E-state index >= 15 is 0 Å². The van der Waals surface area contributed by atoms with E-state index in [4.69, 9.17) is 9.47 Å². The fourth-order valence-electron chi connectivity index (χ4n) is 4.59. The van der Waals surface area contributed by atoms with Crippen molar-refractivity contribution in [3.63, 3.8) is 0 Å². The Labute approximate surface area is 156 Å². The van der Waals surface area contributed by atoms with E-state index in [2.05, 4.69) is 4.90 Å². The van der Waals surface area contributed by atoms with Gasteiger partial charge in [-0.05, 0) is 31.6 Å². The molecular weight excluding hydrogens is 334 g/mol. The van der Waals surface area contributed by atoms with Crippen molar-refractivity contribution >= 4 is 11.9 Å². The van der Waals surface area contributed by atoms with Gasteiger partial charge < -0.3 is 19.3 Å². The van der Waals surface area contributed by atoms with Crippen LogP contribution in [0.2, 0.25) is 0 Å². The maximum atomic E-state index is 13.3. The topological polar surface area (TPSA) is 62.3 Å². The summed E-state index contributed by atoms with van der Waals surface area (Å²) in [6, 6.07) is 0.410. The molecule has 3 aliphatic rings. The zero-order chi connectivity index (χ0) is 18.7. The largest absolute Gasteiger partial charge is 0.383 e. The molecule has 0 aromatic rings. The van der Waals surface area contributed by atoms with Gasteiger partial charge in [0.2, 0.25) is 0 Å². The number of likely N-dealkylation sites (tertiary alicyclic amines) is 1. The minimum absolute atomic E-state index is 0.000990. The number of carbonyl (C=O) groups excluding carboxylic acids is 2. The predicted molar refractivity (Wildman–Crippen MR) is 97.9 cm³/mol. The molecule has 7 heteroatoms. The van der Waals surface area contributed by atoms with E-state index in [-0.39, 0.29) is 17.9 Å². The number of rotatable bonds is 6. The molecule has 3 heterocycles. The fraction of sp³-hybridized carbons (Fsp3) is 0.895. The van der Waals surface area contributed by atoms with Gasteiger partial charge in [0.25, 0.3) is 5.91 Å². The number of methoxy groups -OCH3 is 1. The molecule has 3 fully saturated rings. The van der Waals surface area contributed by atoms with Gasteiger partial charge in [-0.2, -0.15) is 0 Å². The number of carbonyl (C=O) groups is 2. The monoisotopic (exact) mass is 367 g/mol. The van der Waals surface area contributed by atoms with E-state index in [9.17, 15) is 9.59 Å². The summed E-state index contributed by atoms with van der Waals surface area (Å²) in [5.74, 6) is 0.267. The van der Waals surface area contributed by atoms with Gasteiger partial charge in [0.05, 0.1) is 6.61 Å². The van der Waals surface area contributed by atoms with Gasteiger partial charge in [-0.1, -0.05) is 13.8 Å². The number of imide groups is 1. The smallest absolute Gasteiger partial charge is 0.327 e. The highest BCUT2D eigenvalue weighted by molar-refractivity contribution is 6.07. The van der Waals surface area contributed by atoms with E-state index in [1.54, 1.807) is 12.0 Å². The zero-order valence-corrected chi connectivity index (χ0v) is 16.4. The number of amides is 3. The zero-order valence-electron chi connectivity index (χ0n) is 16.4. The second-order valence-corrected chi connectivity index (χ2v) is 8.15. The van der Waals surface area contributed by atoms with Crippen LogP contribution in [0.1, 0.15) is 39.5 Å². The van der Waals surface area contributed by atoms with Crippen molar-refractivity contribution in [1.82, 2.24) is 14.7 Å². The second kappa shape index (κ2) is 8.23. The standard InChI is InChI=1S/C19H33N3O4/c1-15(2)14-21-17(23)19(22(18(21)24)10-13-25-3)6-8-20(9-7-19)16-4-11-26-12-5-16/h15-16H,4-14H2,1-3H3. The van der Waals surface area contributed by atoms with Crippen LogP contribution in [-0.4, -0.2) is 91.3 Å². The lowest BCUT2D eigenvalue weighted by Gasteiger charge is -2.45. The highest BCUT2D eigenvalue weighted by Gasteiger charge is 2.57. The molecule has 0 atom stereocenters. The SMILES string of the molecule is COCCN1C(=O)N(CC(C)C)C(=O)C12CCN(C1CCOCC1)CC2. The highest BCUT2D eigenvalue weighted by Crippen LogP contribution is 2.38. The van der Waals surface area contributed by atoms with Crippen molar-refractivity contribution in [2.45, 2.75) is 51.1 Å². The average Bonchev–Trinajstić information content (AvgIpc) is 2.83. The van der Waals surface area contributed by atoms with Gasteiger partial charge in [-0.15, -0.1) is 0 Å².